The number of aromatic amines is 1. The van der Waals surface area contributed by atoms with Gasteiger partial charge in [-0.25, -0.2) is 4.79 Å². The fourth-order valence-corrected chi connectivity index (χ4v) is 2.03. The molecular weight excluding hydrogens is 264 g/mol. The van der Waals surface area contributed by atoms with Crippen molar-refractivity contribution < 1.29 is 9.53 Å². The Morgan fingerprint density at radius 2 is 2.21 bits per heavy atom. The minimum atomic E-state index is -0.533. The molecule has 0 radical (unpaired) electrons. The van der Waals surface area contributed by atoms with Crippen LogP contribution in [-0.4, -0.2) is 32.3 Å². The van der Waals surface area contributed by atoms with Crippen LogP contribution in [0.4, 0.5) is 0 Å². The average molecular weight is 278 g/mol. The second-order valence-corrected chi connectivity index (χ2v) is 4.27. The highest BCUT2D eigenvalue weighted by atomic mass is 32.1. The molecule has 0 aromatic carbocycles. The zero-order valence-corrected chi connectivity index (χ0v) is 11.5. The standard InChI is InChI=1S/C12H14N4O2S/c1-3-18-11(17)8(2)16-10(14-15-12(16)19)9-4-6-13-7-5-9/h4-8H,3H2,1-2H3,(H,15,19). The van der Waals surface area contributed by atoms with Crippen molar-refractivity contribution in [2.24, 2.45) is 0 Å². The average Bonchev–Trinajstić information content (AvgIpc) is 2.81. The summed E-state index contributed by atoms with van der Waals surface area (Å²) in [5.41, 5.74) is 0.832. The molecule has 0 aliphatic heterocycles. The van der Waals surface area contributed by atoms with Gasteiger partial charge in [-0.05, 0) is 38.2 Å². The number of nitrogens with zero attached hydrogens (tertiary/aromatic N) is 3. The SMILES string of the molecule is CCOC(=O)C(C)n1c(-c2ccncc2)n[nH]c1=S. The molecule has 7 heteroatoms. The van der Waals surface area contributed by atoms with Gasteiger partial charge in [-0.1, -0.05) is 0 Å². The number of hydrogen-bond donors (Lipinski definition) is 1. The molecule has 0 aliphatic rings. The zero-order valence-electron chi connectivity index (χ0n) is 10.7. The van der Waals surface area contributed by atoms with E-state index < -0.39 is 6.04 Å². The van der Waals surface area contributed by atoms with Crippen LogP contribution in [0.1, 0.15) is 19.9 Å². The molecule has 0 saturated carbocycles. The number of pyridine rings is 1. The van der Waals surface area contributed by atoms with Crippen LogP contribution >= 0.6 is 12.2 Å². The fraction of sp³-hybridized carbons (Fsp3) is 0.333. The molecular formula is C12H14N4O2S. The number of carbonyl (C=O) groups excluding carboxylic acids is 1. The largest absolute Gasteiger partial charge is 0.464 e. The second kappa shape index (κ2) is 5.75. The Hall–Kier alpha value is -2.02. The number of carbonyl (C=O) groups is 1. The highest BCUT2D eigenvalue weighted by Gasteiger charge is 2.21. The van der Waals surface area contributed by atoms with E-state index in [4.69, 9.17) is 17.0 Å². The van der Waals surface area contributed by atoms with Crippen LogP contribution in [0.2, 0.25) is 0 Å². The van der Waals surface area contributed by atoms with Crippen molar-refractivity contribution in [1.29, 1.82) is 0 Å². The van der Waals surface area contributed by atoms with Crippen LogP contribution in [0.5, 0.6) is 0 Å². The summed E-state index contributed by atoms with van der Waals surface area (Å²) in [6.45, 7) is 3.83. The predicted molar refractivity (Wildman–Crippen MR) is 72.0 cm³/mol. The molecule has 0 spiro atoms. The van der Waals surface area contributed by atoms with E-state index in [1.54, 1.807) is 42.9 Å². The number of H-pyrrole nitrogens is 1. The minimum absolute atomic E-state index is 0.332. The Kier molecular flexibility index (Phi) is 4.06. The van der Waals surface area contributed by atoms with E-state index in [-0.39, 0.29) is 5.97 Å². The van der Waals surface area contributed by atoms with Crippen molar-refractivity contribution >= 4 is 18.2 Å². The molecule has 19 heavy (non-hydrogen) atoms. The van der Waals surface area contributed by atoms with Gasteiger partial charge in [-0.15, -0.1) is 0 Å². The van der Waals surface area contributed by atoms with Gasteiger partial charge >= 0.3 is 5.97 Å². The van der Waals surface area contributed by atoms with Crippen LogP contribution in [-0.2, 0) is 9.53 Å². The Labute approximate surface area is 115 Å². The highest BCUT2D eigenvalue weighted by molar-refractivity contribution is 7.71. The summed E-state index contributed by atoms with van der Waals surface area (Å²) < 4.78 is 7.04. The van der Waals surface area contributed by atoms with Crippen molar-refractivity contribution in [1.82, 2.24) is 19.7 Å². The number of rotatable bonds is 4. The van der Waals surface area contributed by atoms with Gasteiger partial charge in [-0.3, -0.25) is 14.6 Å². The van der Waals surface area contributed by atoms with Crippen molar-refractivity contribution in [3.05, 3.63) is 29.3 Å². The lowest BCUT2D eigenvalue weighted by Gasteiger charge is -2.14. The summed E-state index contributed by atoms with van der Waals surface area (Å²) in [5.74, 6) is 0.253. The summed E-state index contributed by atoms with van der Waals surface area (Å²) in [5, 5.41) is 6.86. The Bertz CT molecular complexity index is 620. The molecule has 2 aromatic heterocycles. The molecule has 0 amide bonds. The van der Waals surface area contributed by atoms with Crippen LogP contribution in [0.3, 0.4) is 0 Å². The van der Waals surface area contributed by atoms with Crippen LogP contribution in [0.25, 0.3) is 11.4 Å². The summed E-state index contributed by atoms with van der Waals surface area (Å²) in [7, 11) is 0. The molecule has 6 nitrogen and oxygen atoms in total. The van der Waals surface area contributed by atoms with E-state index in [2.05, 4.69) is 15.2 Å². The summed E-state index contributed by atoms with van der Waals surface area (Å²) in [4.78, 5) is 15.8. The molecule has 100 valence electrons. The first kappa shape index (κ1) is 13.4. The molecule has 2 aromatic rings. The number of hydrogen-bond acceptors (Lipinski definition) is 5. The summed E-state index contributed by atoms with van der Waals surface area (Å²) >= 11 is 5.17. The third-order valence-electron chi connectivity index (χ3n) is 2.66. The second-order valence-electron chi connectivity index (χ2n) is 3.89. The van der Waals surface area contributed by atoms with Gasteiger partial charge in [0.05, 0.1) is 6.61 Å². The summed E-state index contributed by atoms with van der Waals surface area (Å²) in [6.07, 6.45) is 3.32. The molecule has 0 fully saturated rings. The highest BCUT2D eigenvalue weighted by Crippen LogP contribution is 2.21. The topological polar surface area (TPSA) is 72.8 Å². The first-order valence-electron chi connectivity index (χ1n) is 5.89. The van der Waals surface area contributed by atoms with Gasteiger partial charge in [0.25, 0.3) is 0 Å². The van der Waals surface area contributed by atoms with E-state index in [9.17, 15) is 4.79 Å². The Balaban J connectivity index is 2.44. The molecule has 1 N–H and O–H groups in total. The molecule has 0 aliphatic carbocycles. The van der Waals surface area contributed by atoms with Crippen molar-refractivity contribution in [3.8, 4) is 11.4 Å². The van der Waals surface area contributed by atoms with Crippen molar-refractivity contribution in [2.45, 2.75) is 19.9 Å². The zero-order chi connectivity index (χ0) is 13.8. The normalized spacial score (nSPS) is 12.1. The van der Waals surface area contributed by atoms with Gasteiger partial charge in [0.2, 0.25) is 0 Å². The maximum atomic E-state index is 11.8. The van der Waals surface area contributed by atoms with E-state index in [0.29, 0.717) is 17.2 Å². The van der Waals surface area contributed by atoms with Gasteiger partial charge < -0.3 is 4.74 Å². The lowest BCUT2D eigenvalue weighted by Crippen LogP contribution is -2.20. The van der Waals surface area contributed by atoms with E-state index in [1.165, 1.54) is 0 Å². The lowest BCUT2D eigenvalue weighted by molar-refractivity contribution is -0.146. The number of nitrogens with one attached hydrogen (secondary N) is 1. The predicted octanol–water partition coefficient (Wildman–Crippen LogP) is 2.13. The van der Waals surface area contributed by atoms with Crippen molar-refractivity contribution in [2.75, 3.05) is 6.61 Å². The third-order valence-corrected chi connectivity index (χ3v) is 2.95. The minimum Gasteiger partial charge on any atom is -0.464 e. The Morgan fingerprint density at radius 1 is 1.53 bits per heavy atom. The molecule has 1 atom stereocenters. The quantitative estimate of drug-likeness (QED) is 0.685. The number of ether oxygens (including phenoxy) is 1. The lowest BCUT2D eigenvalue weighted by atomic mass is 10.2. The Morgan fingerprint density at radius 3 is 2.84 bits per heavy atom. The first-order chi connectivity index (χ1) is 9.15. The van der Waals surface area contributed by atoms with E-state index >= 15 is 0 Å². The fourth-order valence-electron chi connectivity index (χ4n) is 1.74. The number of esters is 1. The first-order valence-corrected chi connectivity index (χ1v) is 6.30. The van der Waals surface area contributed by atoms with Gasteiger partial charge in [0, 0.05) is 18.0 Å². The van der Waals surface area contributed by atoms with Crippen LogP contribution < -0.4 is 0 Å². The van der Waals surface area contributed by atoms with Gasteiger partial charge in [0.1, 0.15) is 6.04 Å². The molecule has 2 heterocycles. The van der Waals surface area contributed by atoms with Gasteiger partial charge in [-0.2, -0.15) is 5.10 Å². The maximum absolute atomic E-state index is 11.8. The van der Waals surface area contributed by atoms with Crippen molar-refractivity contribution in [3.63, 3.8) is 0 Å². The number of aromatic nitrogens is 4. The smallest absolute Gasteiger partial charge is 0.328 e. The monoisotopic (exact) mass is 278 g/mol. The van der Waals surface area contributed by atoms with E-state index in [0.717, 1.165) is 5.56 Å². The third kappa shape index (κ3) is 2.70. The van der Waals surface area contributed by atoms with Crippen LogP contribution in [0.15, 0.2) is 24.5 Å². The summed E-state index contributed by atoms with van der Waals surface area (Å²) in [6, 6.07) is 3.08. The molecule has 2 rings (SSSR count). The van der Waals surface area contributed by atoms with Gasteiger partial charge in [0.15, 0.2) is 10.6 Å². The maximum Gasteiger partial charge on any atom is 0.328 e. The van der Waals surface area contributed by atoms with Crippen LogP contribution in [0, 0.1) is 4.77 Å². The molecule has 0 bridgehead atoms. The molecule has 0 saturated heterocycles. The molecule has 1 unspecified atom stereocenters. The van der Waals surface area contributed by atoms with E-state index in [1.807, 2.05) is 0 Å².